The van der Waals surface area contributed by atoms with E-state index in [1.807, 2.05) is 88.8 Å². The molecule has 6 aromatic heterocycles. The summed E-state index contributed by atoms with van der Waals surface area (Å²) in [6, 6.07) is 23.9. The summed E-state index contributed by atoms with van der Waals surface area (Å²) in [4.78, 5) is 49.4. The maximum Gasteiger partial charge on any atom is 0.341 e. The summed E-state index contributed by atoms with van der Waals surface area (Å²) in [5, 5.41) is 4.71. The van der Waals surface area contributed by atoms with Crippen LogP contribution in [0.3, 0.4) is 0 Å². The number of aromatic nitrogens is 6. The molecule has 13 heteroatoms. The van der Waals surface area contributed by atoms with Crippen LogP contribution in [-0.4, -0.2) is 87.5 Å². The zero-order valence-electron chi connectivity index (χ0n) is 36.2. The molecule has 0 spiro atoms. The van der Waals surface area contributed by atoms with Crippen LogP contribution in [0.2, 0.25) is 0 Å². The Kier molecular flexibility index (Phi) is 12.9. The second kappa shape index (κ2) is 18.3. The van der Waals surface area contributed by atoms with Crippen LogP contribution >= 0.6 is 0 Å². The fourth-order valence-corrected chi connectivity index (χ4v) is 9.73. The van der Waals surface area contributed by atoms with Crippen LogP contribution in [0, 0.1) is 23.7 Å². The standard InChI is InChI=1S/C24H26N4O2.C23H25N5O.CH5N.CH4/c1-4-30-24(29)18-12-17-20(27-13-15(2)11-16(3)14-27)9-10-25-22(17)28-21-8-6-5-7-19(21)26-23(18)28;1-14-10-15(2)13-27(12-14)19-8-9-25-21-16(19)11-17(23(29)24-3)22-26-18-6-4-5-7-20(18)28(21)22;1-2;/h5-10,12,15-16H,4,11,13-14H2,1-3H3;4-9,11,14-15H,10,12-13H2,1-3H3,(H,24,29);2H2,1H3;1H4/t15-,16+;14-,15+;;. The summed E-state index contributed by atoms with van der Waals surface area (Å²) < 4.78 is 9.39. The Balaban J connectivity index is 0.000000177. The quantitative estimate of drug-likeness (QED) is 0.161. The minimum Gasteiger partial charge on any atom is -0.462 e. The van der Waals surface area contributed by atoms with Gasteiger partial charge < -0.3 is 25.6 Å². The van der Waals surface area contributed by atoms with Gasteiger partial charge in [-0.15, -0.1) is 0 Å². The highest BCUT2D eigenvalue weighted by Crippen LogP contribution is 2.36. The van der Waals surface area contributed by atoms with Crippen molar-refractivity contribution in [3.8, 4) is 0 Å². The van der Waals surface area contributed by atoms with Crippen LogP contribution in [0.1, 0.15) is 75.6 Å². The first-order valence-electron chi connectivity index (χ1n) is 21.5. The molecule has 0 radical (unpaired) electrons. The van der Waals surface area contributed by atoms with Gasteiger partial charge in [-0.25, -0.2) is 24.7 Å². The molecule has 324 valence electrons. The number of esters is 1. The maximum absolute atomic E-state index is 12.9. The molecule has 0 unspecified atom stereocenters. The number of ether oxygens (including phenoxy) is 1. The van der Waals surface area contributed by atoms with Crippen LogP contribution in [0.15, 0.2) is 85.2 Å². The highest BCUT2D eigenvalue weighted by Gasteiger charge is 2.28. The number of pyridine rings is 4. The van der Waals surface area contributed by atoms with Crippen LogP contribution in [-0.2, 0) is 4.74 Å². The summed E-state index contributed by atoms with van der Waals surface area (Å²) in [5.41, 5.74) is 14.3. The number of para-hydroxylation sites is 4. The molecule has 2 aromatic carbocycles. The van der Waals surface area contributed by atoms with Gasteiger partial charge in [-0.3, -0.25) is 13.6 Å². The number of piperidine rings is 2. The molecule has 2 aliphatic rings. The van der Waals surface area contributed by atoms with Crippen LogP contribution in [0.25, 0.3) is 55.4 Å². The Morgan fingerprint density at radius 2 is 1.08 bits per heavy atom. The molecule has 4 atom stereocenters. The number of rotatable bonds is 5. The molecular formula is C49H60N10O3. The zero-order valence-corrected chi connectivity index (χ0v) is 36.2. The Labute approximate surface area is 363 Å². The van der Waals surface area contributed by atoms with Crippen molar-refractivity contribution in [2.45, 2.75) is 54.9 Å². The predicted octanol–water partition coefficient (Wildman–Crippen LogP) is 8.78. The van der Waals surface area contributed by atoms with Gasteiger partial charge in [-0.05, 0) is 99.0 Å². The molecule has 2 fully saturated rings. The van der Waals surface area contributed by atoms with Crippen molar-refractivity contribution >= 4 is 78.7 Å². The van der Waals surface area contributed by atoms with Gasteiger partial charge in [0.2, 0.25) is 0 Å². The lowest BCUT2D eigenvalue weighted by Crippen LogP contribution is -2.38. The summed E-state index contributed by atoms with van der Waals surface area (Å²) in [7, 11) is 3.16. The predicted molar refractivity (Wildman–Crippen MR) is 253 cm³/mol. The van der Waals surface area contributed by atoms with Crippen molar-refractivity contribution < 1.29 is 14.3 Å². The van der Waals surface area contributed by atoms with E-state index in [0.29, 0.717) is 52.7 Å². The van der Waals surface area contributed by atoms with E-state index in [-0.39, 0.29) is 19.3 Å². The summed E-state index contributed by atoms with van der Waals surface area (Å²) in [5.74, 6) is 2.03. The Morgan fingerprint density at radius 3 is 1.52 bits per heavy atom. The normalized spacial score (nSPS) is 18.9. The smallest absolute Gasteiger partial charge is 0.341 e. The summed E-state index contributed by atoms with van der Waals surface area (Å²) in [6.45, 7) is 15.4. The number of carbonyl (C=O) groups excluding carboxylic acids is 2. The van der Waals surface area contributed by atoms with Crippen molar-refractivity contribution in [2.75, 3.05) is 56.7 Å². The van der Waals surface area contributed by atoms with Gasteiger partial charge in [0.05, 0.1) is 34.2 Å². The molecule has 8 aromatic rings. The molecule has 2 aliphatic heterocycles. The second-order valence-electron chi connectivity index (χ2n) is 16.8. The molecule has 0 bridgehead atoms. The van der Waals surface area contributed by atoms with Crippen LogP contribution in [0.4, 0.5) is 11.4 Å². The fraction of sp³-hybridized carbons (Fsp3) is 0.388. The monoisotopic (exact) mass is 836 g/mol. The third kappa shape index (κ3) is 7.97. The molecule has 3 N–H and O–H groups in total. The van der Waals surface area contributed by atoms with E-state index in [1.54, 1.807) is 7.05 Å². The molecule has 1 amide bonds. The van der Waals surface area contributed by atoms with Gasteiger partial charge in [0.1, 0.15) is 16.9 Å². The van der Waals surface area contributed by atoms with Gasteiger partial charge in [-0.1, -0.05) is 59.4 Å². The van der Waals surface area contributed by atoms with Crippen molar-refractivity contribution in [3.63, 3.8) is 0 Å². The zero-order chi connectivity index (χ0) is 42.9. The molecule has 13 nitrogen and oxygen atoms in total. The molecule has 10 rings (SSSR count). The minimum atomic E-state index is -0.352. The number of amides is 1. The number of hydrogen-bond acceptors (Lipinski definition) is 10. The van der Waals surface area contributed by atoms with E-state index in [1.165, 1.54) is 19.9 Å². The van der Waals surface area contributed by atoms with Gasteiger partial charge in [0, 0.05) is 67.8 Å². The first-order valence-corrected chi connectivity index (χ1v) is 21.5. The lowest BCUT2D eigenvalue weighted by Gasteiger charge is -2.37. The molecule has 0 saturated carbocycles. The second-order valence-corrected chi connectivity index (χ2v) is 16.8. The number of fused-ring (bicyclic) bond motifs is 10. The van der Waals surface area contributed by atoms with Gasteiger partial charge in [-0.2, -0.15) is 0 Å². The minimum absolute atomic E-state index is 0. The number of nitrogens with two attached hydrogens (primary N) is 1. The number of benzene rings is 2. The van der Waals surface area contributed by atoms with Crippen molar-refractivity contribution in [3.05, 3.63) is 96.3 Å². The molecule has 0 aliphatic carbocycles. The van der Waals surface area contributed by atoms with E-state index < -0.39 is 0 Å². The van der Waals surface area contributed by atoms with E-state index in [4.69, 9.17) is 24.7 Å². The number of carbonyl (C=O) groups is 2. The topological polar surface area (TPSA) is 148 Å². The average Bonchev–Trinajstić information content (AvgIpc) is 3.85. The summed E-state index contributed by atoms with van der Waals surface area (Å²) >= 11 is 0. The maximum atomic E-state index is 12.9. The highest BCUT2D eigenvalue weighted by molar-refractivity contribution is 6.08. The van der Waals surface area contributed by atoms with Gasteiger partial charge >= 0.3 is 5.97 Å². The Bertz CT molecular complexity index is 2880. The fourth-order valence-electron chi connectivity index (χ4n) is 9.73. The number of nitrogens with one attached hydrogen (secondary N) is 1. The van der Waals surface area contributed by atoms with E-state index in [2.05, 4.69) is 60.7 Å². The average molecular weight is 837 g/mol. The van der Waals surface area contributed by atoms with E-state index in [9.17, 15) is 9.59 Å². The van der Waals surface area contributed by atoms with Gasteiger partial charge in [0.25, 0.3) is 5.91 Å². The van der Waals surface area contributed by atoms with Crippen molar-refractivity contribution in [2.24, 2.45) is 29.4 Å². The van der Waals surface area contributed by atoms with E-state index >= 15 is 0 Å². The van der Waals surface area contributed by atoms with E-state index in [0.717, 1.165) is 81.7 Å². The molecule has 8 heterocycles. The first kappa shape index (κ1) is 43.7. The molecule has 62 heavy (non-hydrogen) atoms. The number of imidazole rings is 2. The largest absolute Gasteiger partial charge is 0.462 e. The third-order valence-corrected chi connectivity index (χ3v) is 11.9. The third-order valence-electron chi connectivity index (χ3n) is 11.9. The van der Waals surface area contributed by atoms with Gasteiger partial charge in [0.15, 0.2) is 11.3 Å². The molecule has 2 saturated heterocycles. The Morgan fingerprint density at radius 1 is 0.661 bits per heavy atom. The van der Waals surface area contributed by atoms with Crippen LogP contribution in [0.5, 0.6) is 0 Å². The number of hydrogen-bond donors (Lipinski definition) is 2. The van der Waals surface area contributed by atoms with Crippen molar-refractivity contribution in [1.29, 1.82) is 0 Å². The highest BCUT2D eigenvalue weighted by atomic mass is 16.5. The summed E-state index contributed by atoms with van der Waals surface area (Å²) in [6.07, 6.45) is 6.22. The Hall–Kier alpha value is -6.34. The number of anilines is 2. The van der Waals surface area contributed by atoms with Crippen LogP contribution < -0.4 is 20.9 Å². The lowest BCUT2D eigenvalue weighted by molar-refractivity contribution is 0.0528. The SMILES string of the molecule is C.CCOC(=O)c1cc2c(N3C[C@H](C)C[C@H](C)C3)ccnc2n2c1nc1ccccc12.CN.CNC(=O)c1cc2c(N3C[C@H](C)C[C@H](C)C3)ccnc2n2c1nc1ccccc12. The first-order chi connectivity index (χ1) is 29.6. The van der Waals surface area contributed by atoms with Crippen molar-refractivity contribution in [1.82, 2.24) is 34.1 Å². The lowest BCUT2D eigenvalue weighted by atomic mass is 9.91. The molecular weight excluding hydrogens is 777 g/mol. The number of nitrogens with zero attached hydrogens (tertiary/aromatic N) is 8.